The number of aromatic nitrogens is 2. The Morgan fingerprint density at radius 1 is 0.933 bits per heavy atom. The second kappa shape index (κ2) is 11.6. The Balaban J connectivity index is 0.000000197. The summed E-state index contributed by atoms with van der Waals surface area (Å²) < 4.78 is 0. The Morgan fingerprint density at radius 2 is 1.50 bits per heavy atom. The summed E-state index contributed by atoms with van der Waals surface area (Å²) in [6.07, 6.45) is 5.21. The van der Waals surface area contributed by atoms with Crippen molar-refractivity contribution in [2.75, 3.05) is 12.8 Å². The van der Waals surface area contributed by atoms with E-state index in [1.165, 1.54) is 0 Å². The standard InChI is InChI=1S/C12H11NO.C11H13N3.C2H6/c1-2-10-9(8-14)7-13-12-6-4-3-5-11(10)12;1-13-6-8-7-14-10-5-3-2-4-9(10)11(8)12;1-2/h3-8H,2H2,1H3;2-5,7,13H,6H2,1H3,(H2,12,14);1-2H3. The fraction of sp³-hybridized carbons (Fsp3) is 0.240. The van der Waals surface area contributed by atoms with Crippen LogP contribution < -0.4 is 11.1 Å². The van der Waals surface area contributed by atoms with Gasteiger partial charge < -0.3 is 11.1 Å². The van der Waals surface area contributed by atoms with Crippen LogP contribution in [0.1, 0.15) is 42.3 Å². The van der Waals surface area contributed by atoms with Crippen LogP contribution in [-0.4, -0.2) is 23.3 Å². The van der Waals surface area contributed by atoms with Gasteiger partial charge in [-0.2, -0.15) is 0 Å². The molecule has 30 heavy (non-hydrogen) atoms. The molecule has 4 rings (SSSR count). The Kier molecular flexibility index (Phi) is 8.91. The predicted octanol–water partition coefficient (Wildman–Crippen LogP) is 5.17. The first-order valence-corrected chi connectivity index (χ1v) is 10.3. The molecule has 0 amide bonds. The molecule has 2 heterocycles. The van der Waals surface area contributed by atoms with E-state index in [2.05, 4.69) is 22.2 Å². The number of nitrogens with one attached hydrogen (secondary N) is 1. The number of pyridine rings is 2. The molecule has 0 aliphatic carbocycles. The average Bonchev–Trinajstić information content (AvgIpc) is 2.82. The monoisotopic (exact) mass is 402 g/mol. The molecule has 156 valence electrons. The number of aldehydes is 1. The van der Waals surface area contributed by atoms with E-state index in [4.69, 9.17) is 5.73 Å². The molecule has 0 aliphatic rings. The minimum Gasteiger partial charge on any atom is -0.398 e. The molecular formula is C25H30N4O. The highest BCUT2D eigenvalue weighted by Gasteiger charge is 2.05. The number of rotatable bonds is 4. The van der Waals surface area contributed by atoms with Crippen LogP contribution in [0.4, 0.5) is 5.69 Å². The lowest BCUT2D eigenvalue weighted by Gasteiger charge is -2.07. The molecule has 0 unspecified atom stereocenters. The van der Waals surface area contributed by atoms with E-state index in [-0.39, 0.29) is 0 Å². The normalized spacial score (nSPS) is 10.0. The number of hydrogen-bond donors (Lipinski definition) is 2. The summed E-state index contributed by atoms with van der Waals surface area (Å²) in [5.41, 5.74) is 11.6. The summed E-state index contributed by atoms with van der Waals surface area (Å²) in [4.78, 5) is 19.4. The smallest absolute Gasteiger partial charge is 0.151 e. The van der Waals surface area contributed by atoms with Gasteiger partial charge in [-0.3, -0.25) is 14.8 Å². The van der Waals surface area contributed by atoms with Crippen molar-refractivity contribution in [3.8, 4) is 0 Å². The lowest BCUT2D eigenvalue weighted by atomic mass is 10.0. The zero-order valence-corrected chi connectivity index (χ0v) is 18.1. The number of nitrogen functional groups attached to an aromatic ring is 1. The van der Waals surface area contributed by atoms with Gasteiger partial charge in [-0.05, 0) is 31.2 Å². The molecule has 5 nitrogen and oxygen atoms in total. The Bertz CT molecular complexity index is 1110. The molecule has 0 spiro atoms. The summed E-state index contributed by atoms with van der Waals surface area (Å²) in [6.45, 7) is 6.80. The molecule has 0 saturated carbocycles. The molecule has 3 N–H and O–H groups in total. The van der Waals surface area contributed by atoms with Gasteiger partial charge in [-0.1, -0.05) is 57.2 Å². The maximum atomic E-state index is 10.8. The SMILES string of the molecule is CC.CCc1c(C=O)cnc2ccccc12.CNCc1cnc2ccccc2c1N. The summed E-state index contributed by atoms with van der Waals surface area (Å²) >= 11 is 0. The number of anilines is 1. The van der Waals surface area contributed by atoms with E-state index in [1.807, 2.05) is 75.6 Å². The summed E-state index contributed by atoms with van der Waals surface area (Å²) in [5, 5.41) is 5.18. The van der Waals surface area contributed by atoms with Gasteiger partial charge in [0.1, 0.15) is 0 Å². The molecule has 0 aliphatic heterocycles. The molecule has 0 atom stereocenters. The van der Waals surface area contributed by atoms with Crippen molar-refractivity contribution >= 4 is 33.8 Å². The number of aryl methyl sites for hydroxylation is 1. The zero-order chi connectivity index (χ0) is 21.9. The Labute approximate surface area is 178 Å². The van der Waals surface area contributed by atoms with Gasteiger partial charge >= 0.3 is 0 Å². The minimum absolute atomic E-state index is 0.700. The van der Waals surface area contributed by atoms with E-state index in [0.717, 1.165) is 57.9 Å². The third-order valence-corrected chi connectivity index (χ3v) is 4.67. The average molecular weight is 403 g/mol. The van der Waals surface area contributed by atoms with Crippen molar-refractivity contribution in [1.29, 1.82) is 0 Å². The lowest BCUT2D eigenvalue weighted by molar-refractivity contribution is 0.112. The summed E-state index contributed by atoms with van der Waals surface area (Å²) in [5.74, 6) is 0. The number of nitrogens with zero attached hydrogens (tertiary/aromatic N) is 2. The van der Waals surface area contributed by atoms with Crippen LogP contribution in [0, 0.1) is 0 Å². The van der Waals surface area contributed by atoms with E-state index >= 15 is 0 Å². The van der Waals surface area contributed by atoms with Gasteiger partial charge in [0.15, 0.2) is 6.29 Å². The molecule has 0 radical (unpaired) electrons. The summed E-state index contributed by atoms with van der Waals surface area (Å²) in [7, 11) is 1.90. The molecule has 0 fully saturated rings. The van der Waals surface area contributed by atoms with Crippen LogP contribution in [0.3, 0.4) is 0 Å². The third-order valence-electron chi connectivity index (χ3n) is 4.67. The predicted molar refractivity (Wildman–Crippen MR) is 127 cm³/mol. The van der Waals surface area contributed by atoms with Gasteiger partial charge in [0.25, 0.3) is 0 Å². The number of carbonyl (C=O) groups excluding carboxylic acids is 1. The highest BCUT2D eigenvalue weighted by molar-refractivity contribution is 5.91. The van der Waals surface area contributed by atoms with Gasteiger partial charge in [-0.15, -0.1) is 0 Å². The van der Waals surface area contributed by atoms with Gasteiger partial charge in [-0.25, -0.2) is 0 Å². The van der Waals surface area contributed by atoms with Crippen LogP contribution in [-0.2, 0) is 13.0 Å². The molecule has 5 heteroatoms. The number of benzene rings is 2. The molecule has 2 aromatic carbocycles. The van der Waals surface area contributed by atoms with Crippen molar-refractivity contribution < 1.29 is 4.79 Å². The third kappa shape index (κ3) is 5.19. The second-order valence-corrected chi connectivity index (χ2v) is 6.43. The van der Waals surface area contributed by atoms with Crippen molar-refractivity contribution in [2.24, 2.45) is 0 Å². The maximum Gasteiger partial charge on any atom is 0.151 e. The van der Waals surface area contributed by atoms with Crippen LogP contribution >= 0.6 is 0 Å². The maximum absolute atomic E-state index is 10.8. The minimum atomic E-state index is 0.700. The first-order valence-electron chi connectivity index (χ1n) is 10.3. The molecule has 0 saturated heterocycles. The molecule has 0 bridgehead atoms. The van der Waals surface area contributed by atoms with Gasteiger partial charge in [0, 0.05) is 46.5 Å². The number of fused-ring (bicyclic) bond motifs is 2. The number of nitrogens with two attached hydrogens (primary N) is 1. The van der Waals surface area contributed by atoms with Gasteiger partial charge in [0.05, 0.1) is 11.0 Å². The molecular weight excluding hydrogens is 372 g/mol. The van der Waals surface area contributed by atoms with Crippen molar-refractivity contribution in [2.45, 2.75) is 33.7 Å². The van der Waals surface area contributed by atoms with Gasteiger partial charge in [0.2, 0.25) is 0 Å². The van der Waals surface area contributed by atoms with Crippen molar-refractivity contribution in [3.05, 3.63) is 77.6 Å². The summed E-state index contributed by atoms with van der Waals surface area (Å²) in [6, 6.07) is 15.8. The van der Waals surface area contributed by atoms with Crippen LogP contribution in [0.25, 0.3) is 21.8 Å². The zero-order valence-electron chi connectivity index (χ0n) is 18.1. The van der Waals surface area contributed by atoms with Crippen LogP contribution in [0.5, 0.6) is 0 Å². The van der Waals surface area contributed by atoms with Crippen molar-refractivity contribution in [1.82, 2.24) is 15.3 Å². The van der Waals surface area contributed by atoms with E-state index in [1.54, 1.807) is 6.20 Å². The fourth-order valence-electron chi connectivity index (χ4n) is 3.25. The lowest BCUT2D eigenvalue weighted by Crippen LogP contribution is -2.08. The highest BCUT2D eigenvalue weighted by Crippen LogP contribution is 2.22. The van der Waals surface area contributed by atoms with E-state index in [0.29, 0.717) is 5.56 Å². The number of carbonyl (C=O) groups is 1. The second-order valence-electron chi connectivity index (χ2n) is 6.43. The number of para-hydroxylation sites is 2. The van der Waals surface area contributed by atoms with Crippen LogP contribution in [0.2, 0.25) is 0 Å². The van der Waals surface area contributed by atoms with E-state index in [9.17, 15) is 4.79 Å². The Hall–Kier alpha value is -3.31. The number of hydrogen-bond acceptors (Lipinski definition) is 5. The van der Waals surface area contributed by atoms with E-state index < -0.39 is 0 Å². The highest BCUT2D eigenvalue weighted by atomic mass is 16.1. The first kappa shape index (κ1) is 23.0. The van der Waals surface area contributed by atoms with Crippen molar-refractivity contribution in [3.63, 3.8) is 0 Å². The first-order chi connectivity index (χ1) is 14.7. The quantitative estimate of drug-likeness (QED) is 0.460. The molecule has 4 aromatic rings. The molecule has 2 aromatic heterocycles. The largest absolute Gasteiger partial charge is 0.398 e. The fourth-order valence-corrected chi connectivity index (χ4v) is 3.25. The van der Waals surface area contributed by atoms with Crippen LogP contribution in [0.15, 0.2) is 60.9 Å². The Morgan fingerprint density at radius 3 is 2.10 bits per heavy atom. The topological polar surface area (TPSA) is 80.9 Å².